The molecule has 0 aromatic heterocycles. The van der Waals surface area contributed by atoms with Crippen LogP contribution in [0.25, 0.3) is 0 Å². The van der Waals surface area contributed by atoms with Crippen molar-refractivity contribution in [3.05, 3.63) is 59.7 Å². The number of carbonyl (C=O) groups is 1. The van der Waals surface area contributed by atoms with Crippen molar-refractivity contribution in [1.29, 1.82) is 0 Å². The molecule has 1 saturated carbocycles. The summed E-state index contributed by atoms with van der Waals surface area (Å²) in [5, 5.41) is 3.25. The highest BCUT2D eigenvalue weighted by atomic mass is 35.5. The molecule has 5 nitrogen and oxygen atoms in total. The Morgan fingerprint density at radius 1 is 1.07 bits per heavy atom. The zero-order chi connectivity index (χ0) is 19.2. The third-order valence-electron chi connectivity index (χ3n) is 5.44. The van der Waals surface area contributed by atoms with Crippen LogP contribution >= 0.6 is 12.4 Å². The zero-order valence-corrected chi connectivity index (χ0v) is 17.2. The Kier molecular flexibility index (Phi) is 8.15. The summed E-state index contributed by atoms with van der Waals surface area (Å²) in [5.74, 6) is 1.83. The van der Waals surface area contributed by atoms with E-state index in [2.05, 4.69) is 5.32 Å². The molecule has 0 saturated heterocycles. The van der Waals surface area contributed by atoms with Gasteiger partial charge >= 0.3 is 0 Å². The van der Waals surface area contributed by atoms with E-state index in [9.17, 15) is 4.79 Å². The van der Waals surface area contributed by atoms with Crippen molar-refractivity contribution in [2.75, 3.05) is 20.8 Å². The van der Waals surface area contributed by atoms with Gasteiger partial charge in [-0.3, -0.25) is 4.79 Å². The quantitative estimate of drug-likeness (QED) is 0.737. The van der Waals surface area contributed by atoms with E-state index in [-0.39, 0.29) is 36.2 Å². The molecule has 3 rings (SSSR count). The maximum absolute atomic E-state index is 13.1. The molecule has 1 fully saturated rings. The van der Waals surface area contributed by atoms with E-state index in [4.69, 9.17) is 15.2 Å². The Hall–Kier alpha value is -2.24. The second-order valence-electron chi connectivity index (χ2n) is 7.03. The first-order valence-electron chi connectivity index (χ1n) is 9.44. The van der Waals surface area contributed by atoms with Gasteiger partial charge in [0.1, 0.15) is 11.5 Å². The fourth-order valence-electron chi connectivity index (χ4n) is 3.91. The first-order valence-corrected chi connectivity index (χ1v) is 9.44. The van der Waals surface area contributed by atoms with Crippen LogP contribution in [-0.4, -0.2) is 26.7 Å². The molecule has 1 aliphatic rings. The molecule has 6 heteroatoms. The highest BCUT2D eigenvalue weighted by Crippen LogP contribution is 2.33. The topological polar surface area (TPSA) is 73.6 Å². The number of halogens is 1. The fraction of sp³-hybridized carbons (Fsp3) is 0.409. The molecule has 1 aliphatic carbocycles. The van der Waals surface area contributed by atoms with Gasteiger partial charge in [-0.25, -0.2) is 0 Å². The Morgan fingerprint density at radius 3 is 2.14 bits per heavy atom. The van der Waals surface area contributed by atoms with E-state index >= 15 is 0 Å². The van der Waals surface area contributed by atoms with E-state index in [0.29, 0.717) is 6.54 Å². The van der Waals surface area contributed by atoms with Gasteiger partial charge in [0.05, 0.1) is 20.3 Å². The molecule has 0 spiro atoms. The Labute approximate surface area is 173 Å². The summed E-state index contributed by atoms with van der Waals surface area (Å²) < 4.78 is 10.7. The lowest BCUT2D eigenvalue weighted by Crippen LogP contribution is -2.37. The molecule has 2 aromatic carbocycles. The van der Waals surface area contributed by atoms with Crippen LogP contribution in [0.3, 0.4) is 0 Å². The summed E-state index contributed by atoms with van der Waals surface area (Å²) >= 11 is 0. The molecular formula is C22H29ClN2O3. The van der Waals surface area contributed by atoms with Crippen molar-refractivity contribution in [2.24, 2.45) is 17.6 Å². The molecule has 2 atom stereocenters. The minimum Gasteiger partial charge on any atom is -0.497 e. The molecule has 0 heterocycles. The third-order valence-corrected chi connectivity index (χ3v) is 5.44. The summed E-state index contributed by atoms with van der Waals surface area (Å²) in [6, 6.07) is 15.3. The predicted molar refractivity (Wildman–Crippen MR) is 113 cm³/mol. The van der Waals surface area contributed by atoms with Gasteiger partial charge in [-0.1, -0.05) is 30.7 Å². The molecule has 1 amide bonds. The molecule has 0 bridgehead atoms. The van der Waals surface area contributed by atoms with Gasteiger partial charge in [0, 0.05) is 5.92 Å². The molecular weight excluding hydrogens is 376 g/mol. The first-order chi connectivity index (χ1) is 13.2. The van der Waals surface area contributed by atoms with Crippen LogP contribution in [-0.2, 0) is 4.79 Å². The number of methoxy groups -OCH3 is 2. The number of amides is 1. The molecule has 152 valence electrons. The Bertz CT molecular complexity index is 736. The third kappa shape index (κ3) is 4.97. The van der Waals surface area contributed by atoms with Gasteiger partial charge in [-0.15, -0.1) is 12.4 Å². The number of rotatable bonds is 7. The first kappa shape index (κ1) is 22.1. The van der Waals surface area contributed by atoms with Gasteiger partial charge in [-0.05, 0) is 60.7 Å². The van der Waals surface area contributed by atoms with Crippen molar-refractivity contribution in [3.8, 4) is 11.5 Å². The number of nitrogens with one attached hydrogen (secondary N) is 1. The van der Waals surface area contributed by atoms with Crippen LogP contribution in [0.1, 0.15) is 36.4 Å². The number of carbonyl (C=O) groups excluding carboxylic acids is 1. The summed E-state index contributed by atoms with van der Waals surface area (Å²) in [7, 11) is 3.28. The summed E-state index contributed by atoms with van der Waals surface area (Å²) in [5.41, 5.74) is 7.82. The fourth-order valence-corrected chi connectivity index (χ4v) is 3.91. The number of ether oxygens (including phenoxy) is 2. The zero-order valence-electron chi connectivity index (χ0n) is 16.4. The average Bonchev–Trinajstić information content (AvgIpc) is 3.21. The van der Waals surface area contributed by atoms with Crippen molar-refractivity contribution in [1.82, 2.24) is 5.32 Å². The Balaban J connectivity index is 0.00000280. The smallest absolute Gasteiger partial charge is 0.224 e. The second kappa shape index (κ2) is 10.3. The van der Waals surface area contributed by atoms with E-state index in [0.717, 1.165) is 41.9 Å². The minimum atomic E-state index is -0.276. The molecule has 2 aromatic rings. The maximum atomic E-state index is 13.1. The van der Waals surface area contributed by atoms with Gasteiger partial charge in [0.15, 0.2) is 0 Å². The summed E-state index contributed by atoms with van der Waals surface area (Å²) in [6.07, 6.45) is 2.98. The maximum Gasteiger partial charge on any atom is 0.224 e. The van der Waals surface area contributed by atoms with E-state index in [1.807, 2.05) is 48.5 Å². The van der Waals surface area contributed by atoms with Crippen molar-refractivity contribution < 1.29 is 14.3 Å². The molecule has 3 N–H and O–H groups in total. The van der Waals surface area contributed by atoms with Crippen molar-refractivity contribution in [3.63, 3.8) is 0 Å². The van der Waals surface area contributed by atoms with Crippen LogP contribution in [0.5, 0.6) is 11.5 Å². The lowest BCUT2D eigenvalue weighted by Gasteiger charge is -2.25. The number of hydrogen-bond donors (Lipinski definition) is 2. The van der Waals surface area contributed by atoms with Gasteiger partial charge in [0.25, 0.3) is 0 Å². The lowest BCUT2D eigenvalue weighted by molar-refractivity contribution is -0.126. The molecule has 0 radical (unpaired) electrons. The normalized spacial score (nSPS) is 18.4. The molecule has 0 aliphatic heterocycles. The highest BCUT2D eigenvalue weighted by molar-refractivity contribution is 5.85. The largest absolute Gasteiger partial charge is 0.497 e. The van der Waals surface area contributed by atoms with Crippen molar-refractivity contribution in [2.45, 2.75) is 25.3 Å². The van der Waals surface area contributed by atoms with E-state index in [1.54, 1.807) is 14.2 Å². The van der Waals surface area contributed by atoms with Crippen LogP contribution < -0.4 is 20.5 Å². The second-order valence-corrected chi connectivity index (χ2v) is 7.03. The predicted octanol–water partition coefficient (Wildman–Crippen LogP) is 3.71. The van der Waals surface area contributed by atoms with Crippen LogP contribution in [0, 0.1) is 11.8 Å². The van der Waals surface area contributed by atoms with Gasteiger partial charge < -0.3 is 20.5 Å². The number of hydrogen-bond acceptors (Lipinski definition) is 4. The lowest BCUT2D eigenvalue weighted by atomic mass is 9.93. The standard InChI is InChI=1S/C22H28N2O3.ClH/c1-26-18-9-3-6-15(12-18)21(16-7-4-10-19(13-16)27-2)24-22(25)20-11-5-8-17(20)14-23;/h3-4,6-7,9-10,12-13,17,20-21H,5,8,11,14,23H2,1-2H3,(H,24,25);1H/t17-,20-;/m1./s1. The van der Waals surface area contributed by atoms with E-state index < -0.39 is 0 Å². The number of nitrogens with two attached hydrogens (primary N) is 1. The summed E-state index contributed by atoms with van der Waals surface area (Å²) in [6.45, 7) is 0.557. The highest BCUT2D eigenvalue weighted by Gasteiger charge is 2.33. The SMILES string of the molecule is COc1cccc(C(NC(=O)[C@@H]2CCC[C@@H]2CN)c2cccc(OC)c2)c1.Cl. The van der Waals surface area contributed by atoms with Crippen molar-refractivity contribution >= 4 is 18.3 Å². The average molecular weight is 405 g/mol. The van der Waals surface area contributed by atoms with E-state index in [1.165, 1.54) is 0 Å². The van der Waals surface area contributed by atoms with Gasteiger partial charge in [0.2, 0.25) is 5.91 Å². The van der Waals surface area contributed by atoms with Crippen LogP contribution in [0.15, 0.2) is 48.5 Å². The van der Waals surface area contributed by atoms with Crippen LogP contribution in [0.4, 0.5) is 0 Å². The minimum absolute atomic E-state index is 0. The number of benzene rings is 2. The summed E-state index contributed by atoms with van der Waals surface area (Å²) in [4.78, 5) is 13.1. The van der Waals surface area contributed by atoms with Crippen LogP contribution in [0.2, 0.25) is 0 Å². The monoisotopic (exact) mass is 404 g/mol. The Morgan fingerprint density at radius 2 is 1.64 bits per heavy atom. The molecule has 0 unspecified atom stereocenters. The molecule has 28 heavy (non-hydrogen) atoms. The van der Waals surface area contributed by atoms with Gasteiger partial charge in [-0.2, -0.15) is 0 Å².